The maximum absolute atomic E-state index is 12.3. The zero-order chi connectivity index (χ0) is 18.0. The molecule has 0 spiro atoms. The molecule has 0 bridgehead atoms. The molecule has 1 aliphatic rings. The van der Waals surface area contributed by atoms with Crippen molar-refractivity contribution >= 4 is 23.2 Å². The van der Waals surface area contributed by atoms with E-state index < -0.39 is 0 Å². The van der Waals surface area contributed by atoms with E-state index in [2.05, 4.69) is 31.4 Å². The number of fused-ring (bicyclic) bond motifs is 1. The lowest BCUT2D eigenvalue weighted by Gasteiger charge is -2.19. The molecular formula is C20H22N2O3. The van der Waals surface area contributed by atoms with Gasteiger partial charge in [-0.1, -0.05) is 39.0 Å². The topological polar surface area (TPSA) is 67.4 Å². The number of hydrogen-bond acceptors (Lipinski definition) is 3. The van der Waals surface area contributed by atoms with Gasteiger partial charge < -0.3 is 15.4 Å². The number of rotatable bonds is 3. The van der Waals surface area contributed by atoms with Gasteiger partial charge in [0.1, 0.15) is 5.75 Å². The molecule has 3 rings (SSSR count). The molecule has 0 atom stereocenters. The highest BCUT2D eigenvalue weighted by molar-refractivity contribution is 5.96. The average molecular weight is 338 g/mol. The van der Waals surface area contributed by atoms with Gasteiger partial charge in [0.25, 0.3) is 5.91 Å². The summed E-state index contributed by atoms with van der Waals surface area (Å²) in [5.41, 5.74) is 3.49. The predicted molar refractivity (Wildman–Crippen MR) is 98.0 cm³/mol. The Bertz CT molecular complexity index is 805. The Morgan fingerprint density at radius 1 is 1.16 bits per heavy atom. The molecule has 0 radical (unpaired) electrons. The van der Waals surface area contributed by atoms with Gasteiger partial charge in [0, 0.05) is 5.69 Å². The van der Waals surface area contributed by atoms with Crippen LogP contribution in [0.15, 0.2) is 42.5 Å². The molecule has 0 aromatic heterocycles. The van der Waals surface area contributed by atoms with E-state index in [0.29, 0.717) is 11.4 Å². The van der Waals surface area contributed by atoms with Crippen LogP contribution in [0.3, 0.4) is 0 Å². The van der Waals surface area contributed by atoms with E-state index >= 15 is 0 Å². The van der Waals surface area contributed by atoms with Crippen molar-refractivity contribution in [3.63, 3.8) is 0 Å². The van der Waals surface area contributed by atoms with Crippen molar-refractivity contribution in [2.45, 2.75) is 32.6 Å². The molecule has 0 unspecified atom stereocenters. The quantitative estimate of drug-likeness (QED) is 0.900. The van der Waals surface area contributed by atoms with Crippen molar-refractivity contribution in [1.82, 2.24) is 0 Å². The van der Waals surface area contributed by atoms with Crippen LogP contribution in [-0.2, 0) is 21.4 Å². The fourth-order valence-corrected chi connectivity index (χ4v) is 2.68. The predicted octanol–water partition coefficient (Wildman–Crippen LogP) is 3.50. The first-order valence-corrected chi connectivity index (χ1v) is 8.27. The Kier molecular flexibility index (Phi) is 4.49. The zero-order valence-electron chi connectivity index (χ0n) is 14.7. The van der Waals surface area contributed by atoms with E-state index in [1.807, 2.05) is 30.3 Å². The minimum Gasteiger partial charge on any atom is -0.482 e. The van der Waals surface area contributed by atoms with Crippen LogP contribution in [0.2, 0.25) is 0 Å². The van der Waals surface area contributed by atoms with Crippen molar-refractivity contribution in [1.29, 1.82) is 0 Å². The summed E-state index contributed by atoms with van der Waals surface area (Å²) in [6.45, 7) is 6.48. The number of hydrogen-bond donors (Lipinski definition) is 2. The van der Waals surface area contributed by atoms with Crippen molar-refractivity contribution < 1.29 is 14.3 Å². The van der Waals surface area contributed by atoms with Crippen LogP contribution in [0.1, 0.15) is 31.9 Å². The van der Waals surface area contributed by atoms with Crippen LogP contribution in [-0.4, -0.2) is 18.4 Å². The Morgan fingerprint density at radius 3 is 2.56 bits per heavy atom. The van der Waals surface area contributed by atoms with Crippen LogP contribution in [0.25, 0.3) is 0 Å². The van der Waals surface area contributed by atoms with E-state index in [9.17, 15) is 9.59 Å². The molecular weight excluding hydrogens is 316 g/mol. The van der Waals surface area contributed by atoms with Crippen LogP contribution < -0.4 is 15.4 Å². The SMILES string of the molecule is CC(C)(C)c1ccc(NC(=O)Cc2ccc3c(c2)NC(=O)CO3)cc1. The number of amides is 2. The third-order valence-electron chi connectivity index (χ3n) is 4.08. The summed E-state index contributed by atoms with van der Waals surface area (Å²) in [5.74, 6) is 0.334. The number of carbonyl (C=O) groups is 2. The monoisotopic (exact) mass is 338 g/mol. The minimum atomic E-state index is -0.187. The summed E-state index contributed by atoms with van der Waals surface area (Å²) in [4.78, 5) is 23.6. The highest BCUT2D eigenvalue weighted by atomic mass is 16.5. The minimum absolute atomic E-state index is 0.0252. The first-order valence-electron chi connectivity index (χ1n) is 8.27. The van der Waals surface area contributed by atoms with Gasteiger partial charge in [0.2, 0.25) is 5.91 Å². The van der Waals surface area contributed by atoms with E-state index in [1.165, 1.54) is 5.56 Å². The summed E-state index contributed by atoms with van der Waals surface area (Å²) in [6.07, 6.45) is 0.226. The number of nitrogens with one attached hydrogen (secondary N) is 2. The molecule has 0 saturated heterocycles. The van der Waals surface area contributed by atoms with Gasteiger partial charge >= 0.3 is 0 Å². The van der Waals surface area contributed by atoms with Crippen molar-refractivity contribution in [3.8, 4) is 5.75 Å². The smallest absolute Gasteiger partial charge is 0.262 e. The molecule has 2 amide bonds. The molecule has 0 saturated carbocycles. The van der Waals surface area contributed by atoms with Crippen molar-refractivity contribution in [3.05, 3.63) is 53.6 Å². The summed E-state index contributed by atoms with van der Waals surface area (Å²) in [7, 11) is 0. The van der Waals surface area contributed by atoms with E-state index in [1.54, 1.807) is 12.1 Å². The number of benzene rings is 2. The van der Waals surface area contributed by atoms with Crippen molar-refractivity contribution in [2.24, 2.45) is 0 Å². The summed E-state index contributed by atoms with van der Waals surface area (Å²) < 4.78 is 5.32. The Morgan fingerprint density at radius 2 is 1.88 bits per heavy atom. The van der Waals surface area contributed by atoms with Gasteiger partial charge in [0.05, 0.1) is 12.1 Å². The maximum Gasteiger partial charge on any atom is 0.262 e. The van der Waals surface area contributed by atoms with Crippen LogP contribution in [0, 0.1) is 0 Å². The lowest BCUT2D eigenvalue weighted by molar-refractivity contribution is -0.118. The molecule has 1 aliphatic heterocycles. The molecule has 2 aromatic rings. The first-order chi connectivity index (χ1) is 11.8. The largest absolute Gasteiger partial charge is 0.482 e. The average Bonchev–Trinajstić information content (AvgIpc) is 2.54. The second-order valence-electron chi connectivity index (χ2n) is 7.22. The molecule has 0 fully saturated rings. The van der Waals surface area contributed by atoms with Gasteiger partial charge in [-0.25, -0.2) is 0 Å². The number of ether oxygens (including phenoxy) is 1. The third-order valence-corrected chi connectivity index (χ3v) is 4.08. The zero-order valence-corrected chi connectivity index (χ0v) is 14.7. The molecule has 25 heavy (non-hydrogen) atoms. The Labute approximate surface area is 147 Å². The first kappa shape index (κ1) is 17.0. The van der Waals surface area contributed by atoms with E-state index in [4.69, 9.17) is 4.74 Å². The summed E-state index contributed by atoms with van der Waals surface area (Å²) in [6, 6.07) is 13.3. The van der Waals surface area contributed by atoms with Crippen LogP contribution in [0.5, 0.6) is 5.75 Å². The van der Waals surface area contributed by atoms with Crippen LogP contribution in [0.4, 0.5) is 11.4 Å². The molecule has 130 valence electrons. The van der Waals surface area contributed by atoms with Gasteiger partial charge in [-0.3, -0.25) is 9.59 Å². The standard InChI is InChI=1S/C20H22N2O3/c1-20(2,3)14-5-7-15(8-6-14)21-18(23)11-13-4-9-17-16(10-13)22-19(24)12-25-17/h4-10H,11-12H2,1-3H3,(H,21,23)(H,22,24). The second-order valence-corrected chi connectivity index (χ2v) is 7.22. The second kappa shape index (κ2) is 6.59. The normalized spacial score (nSPS) is 13.5. The lowest BCUT2D eigenvalue weighted by Crippen LogP contribution is -2.25. The van der Waals surface area contributed by atoms with Crippen LogP contribution >= 0.6 is 0 Å². The fraction of sp³-hybridized carbons (Fsp3) is 0.300. The lowest BCUT2D eigenvalue weighted by atomic mass is 9.87. The number of anilines is 2. The van der Waals surface area contributed by atoms with Gasteiger partial charge in [-0.15, -0.1) is 0 Å². The number of carbonyl (C=O) groups excluding carboxylic acids is 2. The maximum atomic E-state index is 12.3. The van der Waals surface area contributed by atoms with Gasteiger partial charge in [-0.05, 0) is 40.8 Å². The van der Waals surface area contributed by atoms with Gasteiger partial charge in [-0.2, -0.15) is 0 Å². The molecule has 5 nitrogen and oxygen atoms in total. The molecule has 0 aliphatic carbocycles. The van der Waals surface area contributed by atoms with E-state index in [-0.39, 0.29) is 30.3 Å². The Hall–Kier alpha value is -2.82. The van der Waals surface area contributed by atoms with E-state index in [0.717, 1.165) is 11.3 Å². The summed E-state index contributed by atoms with van der Waals surface area (Å²) >= 11 is 0. The molecule has 2 aromatic carbocycles. The van der Waals surface area contributed by atoms with Gasteiger partial charge in [0.15, 0.2) is 6.61 Å². The molecule has 5 heteroatoms. The van der Waals surface area contributed by atoms with Crippen molar-refractivity contribution in [2.75, 3.05) is 17.2 Å². The summed E-state index contributed by atoms with van der Waals surface area (Å²) in [5, 5.41) is 5.65. The third kappa shape index (κ3) is 4.18. The Balaban J connectivity index is 1.65. The highest BCUT2D eigenvalue weighted by Crippen LogP contribution is 2.29. The molecule has 2 N–H and O–H groups in total. The molecule has 1 heterocycles. The highest BCUT2D eigenvalue weighted by Gasteiger charge is 2.17. The fourth-order valence-electron chi connectivity index (χ4n) is 2.68.